The Labute approximate surface area is 102 Å². The summed E-state index contributed by atoms with van der Waals surface area (Å²) in [6, 6.07) is 7.69. The van der Waals surface area contributed by atoms with Crippen LogP contribution in [0.2, 0.25) is 0 Å². The van der Waals surface area contributed by atoms with Gasteiger partial charge in [-0.25, -0.2) is 0 Å². The Balaban J connectivity index is 2.50. The SMILES string of the molecule is COCc1cccc(NC(=O)CCC(C)N)c1. The van der Waals surface area contributed by atoms with Crippen molar-refractivity contribution in [1.29, 1.82) is 0 Å². The molecule has 1 aromatic rings. The number of carbonyl (C=O) groups excluding carboxylic acids is 1. The van der Waals surface area contributed by atoms with Crippen LogP contribution in [0.1, 0.15) is 25.3 Å². The molecule has 1 rings (SSSR count). The zero-order valence-electron chi connectivity index (χ0n) is 10.4. The predicted octanol–water partition coefficient (Wildman–Crippen LogP) is 1.90. The topological polar surface area (TPSA) is 64.3 Å². The second-order valence-electron chi connectivity index (χ2n) is 4.20. The van der Waals surface area contributed by atoms with E-state index in [0.717, 1.165) is 11.3 Å². The summed E-state index contributed by atoms with van der Waals surface area (Å²) in [7, 11) is 1.65. The normalized spacial score (nSPS) is 12.2. The molecule has 94 valence electrons. The van der Waals surface area contributed by atoms with Crippen LogP contribution in [0, 0.1) is 0 Å². The van der Waals surface area contributed by atoms with E-state index in [0.29, 0.717) is 19.4 Å². The summed E-state index contributed by atoms with van der Waals surface area (Å²) in [6.07, 6.45) is 1.15. The number of ether oxygens (including phenoxy) is 1. The van der Waals surface area contributed by atoms with Crippen molar-refractivity contribution in [2.45, 2.75) is 32.4 Å². The fraction of sp³-hybridized carbons (Fsp3) is 0.462. The molecule has 0 saturated carbocycles. The molecular formula is C13H20N2O2. The number of rotatable bonds is 6. The van der Waals surface area contributed by atoms with Crippen molar-refractivity contribution in [3.63, 3.8) is 0 Å². The highest BCUT2D eigenvalue weighted by molar-refractivity contribution is 5.90. The standard InChI is InChI=1S/C13H20N2O2/c1-10(14)6-7-13(16)15-12-5-3-4-11(8-12)9-17-2/h3-5,8,10H,6-7,9,14H2,1-2H3,(H,15,16). The smallest absolute Gasteiger partial charge is 0.224 e. The number of hydrogen-bond acceptors (Lipinski definition) is 3. The first kappa shape index (κ1) is 13.7. The average Bonchev–Trinajstić information content (AvgIpc) is 2.27. The molecule has 0 aromatic heterocycles. The maximum atomic E-state index is 11.6. The zero-order valence-corrected chi connectivity index (χ0v) is 10.4. The molecule has 0 heterocycles. The van der Waals surface area contributed by atoms with E-state index in [-0.39, 0.29) is 11.9 Å². The summed E-state index contributed by atoms with van der Waals surface area (Å²) in [6.45, 7) is 2.44. The van der Waals surface area contributed by atoms with Crippen LogP contribution < -0.4 is 11.1 Å². The molecule has 0 bridgehead atoms. The number of hydrogen-bond donors (Lipinski definition) is 2. The van der Waals surface area contributed by atoms with Gasteiger partial charge in [-0.05, 0) is 31.0 Å². The quantitative estimate of drug-likeness (QED) is 0.793. The molecule has 1 atom stereocenters. The van der Waals surface area contributed by atoms with Gasteiger partial charge in [0.25, 0.3) is 0 Å². The molecule has 4 heteroatoms. The first-order valence-electron chi connectivity index (χ1n) is 5.75. The van der Waals surface area contributed by atoms with Gasteiger partial charge >= 0.3 is 0 Å². The van der Waals surface area contributed by atoms with E-state index < -0.39 is 0 Å². The Morgan fingerprint density at radius 2 is 2.29 bits per heavy atom. The molecule has 0 spiro atoms. The lowest BCUT2D eigenvalue weighted by Crippen LogP contribution is -2.19. The highest BCUT2D eigenvalue weighted by Crippen LogP contribution is 2.12. The molecule has 0 aliphatic rings. The summed E-state index contributed by atoms with van der Waals surface area (Å²) < 4.78 is 5.04. The fourth-order valence-electron chi connectivity index (χ4n) is 1.49. The van der Waals surface area contributed by atoms with E-state index in [1.54, 1.807) is 7.11 Å². The van der Waals surface area contributed by atoms with Crippen LogP contribution in [0.25, 0.3) is 0 Å². The molecule has 1 unspecified atom stereocenters. The predicted molar refractivity (Wildman–Crippen MR) is 68.7 cm³/mol. The van der Waals surface area contributed by atoms with Crippen molar-refractivity contribution in [3.8, 4) is 0 Å². The van der Waals surface area contributed by atoms with Crippen molar-refractivity contribution >= 4 is 11.6 Å². The lowest BCUT2D eigenvalue weighted by atomic mass is 10.1. The number of amides is 1. The Morgan fingerprint density at radius 3 is 2.94 bits per heavy atom. The molecule has 17 heavy (non-hydrogen) atoms. The third-order valence-corrected chi connectivity index (χ3v) is 2.35. The molecule has 0 fully saturated rings. The summed E-state index contributed by atoms with van der Waals surface area (Å²) in [5.41, 5.74) is 7.44. The van der Waals surface area contributed by atoms with Crippen molar-refractivity contribution in [3.05, 3.63) is 29.8 Å². The van der Waals surface area contributed by atoms with Crippen LogP contribution in [-0.2, 0) is 16.1 Å². The first-order chi connectivity index (χ1) is 8.11. The van der Waals surface area contributed by atoms with E-state index in [9.17, 15) is 4.79 Å². The van der Waals surface area contributed by atoms with Crippen molar-refractivity contribution in [2.75, 3.05) is 12.4 Å². The molecule has 3 N–H and O–H groups in total. The fourth-order valence-corrected chi connectivity index (χ4v) is 1.49. The maximum absolute atomic E-state index is 11.6. The Kier molecular flexibility index (Phi) is 5.66. The van der Waals surface area contributed by atoms with E-state index in [1.165, 1.54) is 0 Å². The van der Waals surface area contributed by atoms with Crippen LogP contribution in [0.3, 0.4) is 0 Å². The minimum atomic E-state index is -0.00290. The van der Waals surface area contributed by atoms with E-state index in [1.807, 2.05) is 31.2 Å². The van der Waals surface area contributed by atoms with Crippen LogP contribution >= 0.6 is 0 Å². The molecule has 1 amide bonds. The van der Waals surface area contributed by atoms with Gasteiger partial charge in [0.05, 0.1) is 6.61 Å². The van der Waals surface area contributed by atoms with Gasteiger partial charge in [-0.3, -0.25) is 4.79 Å². The third kappa shape index (κ3) is 5.47. The number of nitrogens with one attached hydrogen (secondary N) is 1. The molecule has 0 radical (unpaired) electrons. The molecule has 4 nitrogen and oxygen atoms in total. The van der Waals surface area contributed by atoms with E-state index >= 15 is 0 Å². The van der Waals surface area contributed by atoms with Crippen LogP contribution in [0.15, 0.2) is 24.3 Å². The van der Waals surface area contributed by atoms with Gasteiger partial charge in [-0.15, -0.1) is 0 Å². The molecule has 1 aromatic carbocycles. The lowest BCUT2D eigenvalue weighted by molar-refractivity contribution is -0.116. The van der Waals surface area contributed by atoms with E-state index in [4.69, 9.17) is 10.5 Å². The minimum Gasteiger partial charge on any atom is -0.380 e. The van der Waals surface area contributed by atoms with Gasteiger partial charge in [0.15, 0.2) is 0 Å². The van der Waals surface area contributed by atoms with Crippen LogP contribution in [0.5, 0.6) is 0 Å². The second-order valence-corrected chi connectivity index (χ2v) is 4.20. The largest absolute Gasteiger partial charge is 0.380 e. The van der Waals surface area contributed by atoms with Crippen molar-refractivity contribution in [1.82, 2.24) is 0 Å². The monoisotopic (exact) mass is 236 g/mol. The number of carbonyl (C=O) groups is 1. The van der Waals surface area contributed by atoms with Crippen molar-refractivity contribution in [2.24, 2.45) is 5.73 Å². The van der Waals surface area contributed by atoms with Gasteiger partial charge in [0.1, 0.15) is 0 Å². The maximum Gasteiger partial charge on any atom is 0.224 e. The zero-order chi connectivity index (χ0) is 12.7. The summed E-state index contributed by atoms with van der Waals surface area (Å²) in [5, 5.41) is 2.85. The summed E-state index contributed by atoms with van der Waals surface area (Å²) in [4.78, 5) is 11.6. The van der Waals surface area contributed by atoms with Crippen molar-refractivity contribution < 1.29 is 9.53 Å². The number of benzene rings is 1. The van der Waals surface area contributed by atoms with Gasteiger partial charge in [0, 0.05) is 25.3 Å². The number of anilines is 1. The average molecular weight is 236 g/mol. The van der Waals surface area contributed by atoms with E-state index in [2.05, 4.69) is 5.32 Å². The number of nitrogens with two attached hydrogens (primary N) is 1. The summed E-state index contributed by atoms with van der Waals surface area (Å²) in [5.74, 6) is -0.00290. The number of methoxy groups -OCH3 is 1. The first-order valence-corrected chi connectivity index (χ1v) is 5.75. The van der Waals surface area contributed by atoms with Gasteiger partial charge < -0.3 is 15.8 Å². The highest BCUT2D eigenvalue weighted by Gasteiger charge is 2.04. The molecule has 0 aliphatic carbocycles. The molecule has 0 aliphatic heterocycles. The van der Waals surface area contributed by atoms with Crippen LogP contribution in [0.4, 0.5) is 5.69 Å². The lowest BCUT2D eigenvalue weighted by Gasteiger charge is -2.08. The third-order valence-electron chi connectivity index (χ3n) is 2.35. The second kappa shape index (κ2) is 7.04. The highest BCUT2D eigenvalue weighted by atomic mass is 16.5. The molecule has 0 saturated heterocycles. The minimum absolute atomic E-state index is 0.00290. The summed E-state index contributed by atoms with van der Waals surface area (Å²) >= 11 is 0. The van der Waals surface area contributed by atoms with Gasteiger partial charge in [-0.2, -0.15) is 0 Å². The van der Waals surface area contributed by atoms with Gasteiger partial charge in [0.2, 0.25) is 5.91 Å². The van der Waals surface area contributed by atoms with Gasteiger partial charge in [-0.1, -0.05) is 12.1 Å². The Bertz CT molecular complexity index is 364. The molecular weight excluding hydrogens is 216 g/mol. The Morgan fingerprint density at radius 1 is 1.53 bits per heavy atom. The van der Waals surface area contributed by atoms with Crippen LogP contribution in [-0.4, -0.2) is 19.1 Å². The Hall–Kier alpha value is -1.39.